The van der Waals surface area contributed by atoms with Crippen LogP contribution in [0.2, 0.25) is 0 Å². The molecule has 0 saturated heterocycles. The van der Waals surface area contributed by atoms with E-state index >= 15 is 0 Å². The summed E-state index contributed by atoms with van der Waals surface area (Å²) in [5.74, 6) is -0.540. The van der Waals surface area contributed by atoms with Gasteiger partial charge in [0.25, 0.3) is 0 Å². The zero-order valence-corrected chi connectivity index (χ0v) is 14.1. The molecular formula is C12H17BrN2O4S. The lowest BCUT2D eigenvalue weighted by atomic mass is 10.2. The lowest BCUT2D eigenvalue weighted by molar-refractivity contribution is -0.143. The highest BCUT2D eigenvalue weighted by molar-refractivity contribution is 9.10. The van der Waals surface area contributed by atoms with Crippen LogP contribution in [0.25, 0.3) is 0 Å². The van der Waals surface area contributed by atoms with Crippen LogP contribution in [0, 0.1) is 0 Å². The summed E-state index contributed by atoms with van der Waals surface area (Å²) in [7, 11) is 1.27. The Balaban J connectivity index is 2.70. The number of methoxy groups -OCH3 is 1. The van der Waals surface area contributed by atoms with Gasteiger partial charge in [0.2, 0.25) is 0 Å². The highest BCUT2D eigenvalue weighted by atomic mass is 79.9. The van der Waals surface area contributed by atoms with E-state index in [0.717, 1.165) is 0 Å². The molecule has 1 aromatic heterocycles. The third-order valence-corrected chi connectivity index (χ3v) is 3.66. The van der Waals surface area contributed by atoms with Crippen molar-refractivity contribution in [3.8, 4) is 0 Å². The lowest BCUT2D eigenvalue weighted by Crippen LogP contribution is -2.45. The van der Waals surface area contributed by atoms with Crippen LogP contribution >= 0.6 is 27.3 Å². The van der Waals surface area contributed by atoms with Gasteiger partial charge in [-0.25, -0.2) is 14.6 Å². The quantitative estimate of drug-likeness (QED) is 0.830. The van der Waals surface area contributed by atoms with Crippen LogP contribution in [0.15, 0.2) is 9.98 Å². The number of halogens is 1. The number of carbonyl (C=O) groups excluding carboxylic acids is 2. The van der Waals surface area contributed by atoms with E-state index in [9.17, 15) is 9.59 Å². The molecule has 1 N–H and O–H groups in total. The summed E-state index contributed by atoms with van der Waals surface area (Å²) in [6.07, 6.45) is -0.411. The van der Waals surface area contributed by atoms with Crippen LogP contribution in [0.3, 0.4) is 0 Å². The molecular weight excluding hydrogens is 348 g/mol. The molecule has 0 saturated carbocycles. The number of nitrogens with one attached hydrogen (secondary N) is 1. The average Bonchev–Trinajstić information content (AvgIpc) is 2.70. The maximum atomic E-state index is 11.7. The van der Waals surface area contributed by atoms with Gasteiger partial charge in [-0.05, 0) is 36.7 Å². The molecule has 0 aliphatic carbocycles. The van der Waals surface area contributed by atoms with Crippen LogP contribution in [-0.2, 0) is 20.7 Å². The fraction of sp³-hybridized carbons (Fsp3) is 0.583. The molecule has 1 unspecified atom stereocenters. The first-order valence-corrected chi connectivity index (χ1v) is 7.56. The number of alkyl carbamates (subject to hydrolysis) is 1. The highest BCUT2D eigenvalue weighted by Crippen LogP contribution is 2.17. The van der Waals surface area contributed by atoms with E-state index in [1.165, 1.54) is 18.4 Å². The SMILES string of the molecule is COC(=O)C(Cc1nc(Br)cs1)NC(=O)OC(C)(C)C. The van der Waals surface area contributed by atoms with Crippen LogP contribution in [0.5, 0.6) is 0 Å². The molecule has 112 valence electrons. The van der Waals surface area contributed by atoms with Crippen LogP contribution in [-0.4, -0.2) is 35.8 Å². The van der Waals surface area contributed by atoms with Gasteiger partial charge in [-0.15, -0.1) is 11.3 Å². The van der Waals surface area contributed by atoms with Gasteiger partial charge in [0.15, 0.2) is 0 Å². The van der Waals surface area contributed by atoms with Gasteiger partial charge in [0.1, 0.15) is 16.2 Å². The molecule has 0 radical (unpaired) electrons. The van der Waals surface area contributed by atoms with E-state index in [4.69, 9.17) is 4.74 Å². The van der Waals surface area contributed by atoms with Crippen molar-refractivity contribution in [2.24, 2.45) is 0 Å². The third kappa shape index (κ3) is 5.87. The second kappa shape index (κ2) is 7.03. The number of nitrogens with zero attached hydrogens (tertiary/aromatic N) is 1. The second-order valence-corrected chi connectivity index (χ2v) is 6.75. The third-order valence-electron chi connectivity index (χ3n) is 2.08. The molecule has 1 rings (SSSR count). The number of aromatic nitrogens is 1. The number of carbonyl (C=O) groups is 2. The first-order chi connectivity index (χ1) is 9.21. The van der Waals surface area contributed by atoms with Crippen molar-refractivity contribution < 1.29 is 19.1 Å². The summed E-state index contributed by atoms with van der Waals surface area (Å²) in [6, 6.07) is -0.826. The normalized spacial score (nSPS) is 12.7. The lowest BCUT2D eigenvalue weighted by Gasteiger charge is -2.22. The van der Waals surface area contributed by atoms with E-state index in [0.29, 0.717) is 9.61 Å². The zero-order valence-electron chi connectivity index (χ0n) is 11.7. The Morgan fingerprint density at radius 3 is 2.60 bits per heavy atom. The number of hydrogen-bond donors (Lipinski definition) is 1. The van der Waals surface area contributed by atoms with Crippen molar-refractivity contribution in [3.63, 3.8) is 0 Å². The van der Waals surface area contributed by atoms with E-state index in [1.807, 2.05) is 0 Å². The van der Waals surface area contributed by atoms with Gasteiger partial charge in [-0.3, -0.25) is 0 Å². The molecule has 0 fully saturated rings. The van der Waals surface area contributed by atoms with Crippen molar-refractivity contribution in [2.75, 3.05) is 7.11 Å². The molecule has 0 aliphatic heterocycles. The second-order valence-electron chi connectivity index (χ2n) is 4.99. The Morgan fingerprint density at radius 1 is 1.50 bits per heavy atom. The molecule has 0 bridgehead atoms. The Bertz CT molecular complexity index is 484. The summed E-state index contributed by atoms with van der Waals surface area (Å²) in [6.45, 7) is 5.24. The Morgan fingerprint density at radius 2 is 2.15 bits per heavy atom. The molecule has 0 aromatic carbocycles. The smallest absolute Gasteiger partial charge is 0.408 e. The largest absolute Gasteiger partial charge is 0.467 e. The molecule has 20 heavy (non-hydrogen) atoms. The predicted octanol–water partition coefficient (Wildman–Crippen LogP) is 2.51. The van der Waals surface area contributed by atoms with Crippen LogP contribution < -0.4 is 5.32 Å². The van der Waals surface area contributed by atoms with E-state index in [-0.39, 0.29) is 6.42 Å². The van der Waals surface area contributed by atoms with Crippen LogP contribution in [0.4, 0.5) is 4.79 Å². The maximum Gasteiger partial charge on any atom is 0.408 e. The fourth-order valence-corrected chi connectivity index (χ4v) is 2.65. The monoisotopic (exact) mass is 364 g/mol. The first kappa shape index (κ1) is 16.9. The first-order valence-electron chi connectivity index (χ1n) is 5.88. The molecule has 0 aliphatic rings. The minimum absolute atomic E-state index is 0.252. The highest BCUT2D eigenvalue weighted by Gasteiger charge is 2.26. The number of rotatable bonds is 4. The molecule has 1 heterocycles. The van der Waals surface area contributed by atoms with Crippen LogP contribution in [0.1, 0.15) is 25.8 Å². The topological polar surface area (TPSA) is 77.5 Å². The van der Waals surface area contributed by atoms with Crippen molar-refractivity contribution in [3.05, 3.63) is 15.0 Å². The van der Waals surface area contributed by atoms with Crippen molar-refractivity contribution in [2.45, 2.75) is 38.8 Å². The minimum atomic E-state index is -0.826. The summed E-state index contributed by atoms with van der Waals surface area (Å²) < 4.78 is 10.5. The molecule has 1 aromatic rings. The van der Waals surface area contributed by atoms with Gasteiger partial charge in [-0.2, -0.15) is 0 Å². The van der Waals surface area contributed by atoms with Gasteiger partial charge in [0.05, 0.1) is 12.1 Å². The Kier molecular flexibility index (Phi) is 5.94. The molecule has 6 nitrogen and oxygen atoms in total. The summed E-state index contributed by atoms with van der Waals surface area (Å²) in [5, 5.41) is 5.01. The van der Waals surface area contributed by atoms with Gasteiger partial charge in [-0.1, -0.05) is 0 Å². The van der Waals surface area contributed by atoms with E-state index < -0.39 is 23.7 Å². The fourth-order valence-electron chi connectivity index (χ4n) is 1.34. The number of amides is 1. The standard InChI is InChI=1S/C12H17BrN2O4S/c1-12(2,3)19-11(17)14-7(10(16)18-4)5-9-15-8(13)6-20-9/h6-7H,5H2,1-4H3,(H,14,17). The molecule has 1 amide bonds. The van der Waals surface area contributed by atoms with E-state index in [1.54, 1.807) is 26.2 Å². The van der Waals surface area contributed by atoms with Crippen molar-refractivity contribution in [1.82, 2.24) is 10.3 Å². The van der Waals surface area contributed by atoms with Crippen molar-refractivity contribution in [1.29, 1.82) is 0 Å². The van der Waals surface area contributed by atoms with Gasteiger partial charge < -0.3 is 14.8 Å². The number of thiazole rings is 1. The van der Waals surface area contributed by atoms with Gasteiger partial charge in [0, 0.05) is 11.8 Å². The Labute approximate surface area is 130 Å². The predicted molar refractivity (Wildman–Crippen MR) is 78.7 cm³/mol. The molecule has 8 heteroatoms. The van der Waals surface area contributed by atoms with Gasteiger partial charge >= 0.3 is 12.1 Å². The molecule has 0 spiro atoms. The summed E-state index contributed by atoms with van der Waals surface area (Å²) in [4.78, 5) is 27.6. The maximum absolute atomic E-state index is 11.7. The van der Waals surface area contributed by atoms with Crippen molar-refractivity contribution >= 4 is 39.3 Å². The zero-order chi connectivity index (χ0) is 15.3. The van der Waals surface area contributed by atoms with E-state index in [2.05, 4.69) is 31.0 Å². The number of esters is 1. The average molecular weight is 365 g/mol. The minimum Gasteiger partial charge on any atom is -0.467 e. The summed E-state index contributed by atoms with van der Waals surface area (Å²) in [5.41, 5.74) is -0.630. The molecule has 1 atom stereocenters. The Hall–Kier alpha value is -1.15. The number of ether oxygens (including phenoxy) is 2. The number of hydrogen-bond acceptors (Lipinski definition) is 6. The summed E-state index contributed by atoms with van der Waals surface area (Å²) >= 11 is 4.63.